The van der Waals surface area contributed by atoms with E-state index in [0.717, 1.165) is 24.9 Å². The monoisotopic (exact) mass is 366 g/mol. The summed E-state index contributed by atoms with van der Waals surface area (Å²) in [6.45, 7) is 0. The molecule has 0 aliphatic heterocycles. The van der Waals surface area contributed by atoms with Gasteiger partial charge in [-0.05, 0) is 18.4 Å². The molecule has 120 valence electrons. The number of rotatable bonds is 6. The largest absolute Gasteiger partial charge is 0.417 e. The van der Waals surface area contributed by atoms with E-state index >= 15 is 0 Å². The summed E-state index contributed by atoms with van der Waals surface area (Å²) in [5.74, 6) is 0. The molecule has 0 heterocycles. The average molecular weight is 366 g/mol. The molecule has 1 aromatic carbocycles. The Labute approximate surface area is 123 Å². The van der Waals surface area contributed by atoms with Crippen molar-refractivity contribution in [2.75, 3.05) is 13.4 Å². The van der Waals surface area contributed by atoms with E-state index in [9.17, 15) is 26.2 Å². The molecule has 0 spiro atoms. The Bertz CT molecular complexity index is 631. The molecule has 6 nitrogen and oxygen atoms in total. The molecule has 0 aliphatic rings. The Balaban J connectivity index is 3.36. The SMILES string of the molecule is CO[PH](=O)OOS(=O)(=O)c1c(SC)cccc1C(F)(F)F. The fraction of sp³-hybridized carbons (Fsp3) is 0.333. The maximum atomic E-state index is 12.9. The van der Waals surface area contributed by atoms with E-state index in [-0.39, 0.29) is 4.90 Å². The predicted molar refractivity (Wildman–Crippen MR) is 68.6 cm³/mol. The second kappa shape index (κ2) is 7.12. The first-order valence-electron chi connectivity index (χ1n) is 5.06. The second-order valence-corrected chi connectivity index (χ2v) is 6.77. The molecule has 0 saturated carbocycles. The highest BCUT2D eigenvalue weighted by Gasteiger charge is 2.39. The van der Waals surface area contributed by atoms with Crippen LogP contribution in [0.3, 0.4) is 0 Å². The summed E-state index contributed by atoms with van der Waals surface area (Å²) in [5.41, 5.74) is -1.41. The van der Waals surface area contributed by atoms with E-state index in [2.05, 4.69) is 13.5 Å². The molecular weight excluding hydrogens is 356 g/mol. The van der Waals surface area contributed by atoms with Crippen LogP contribution in [-0.4, -0.2) is 21.8 Å². The van der Waals surface area contributed by atoms with Crippen molar-refractivity contribution in [3.63, 3.8) is 0 Å². The first kappa shape index (κ1) is 18.5. The van der Waals surface area contributed by atoms with Gasteiger partial charge in [-0.15, -0.1) is 16.4 Å². The van der Waals surface area contributed by atoms with Crippen molar-refractivity contribution in [1.29, 1.82) is 0 Å². The molecule has 0 radical (unpaired) electrons. The van der Waals surface area contributed by atoms with E-state index < -0.39 is 35.0 Å². The van der Waals surface area contributed by atoms with E-state index in [0.29, 0.717) is 6.07 Å². The zero-order valence-electron chi connectivity index (χ0n) is 10.6. The quantitative estimate of drug-likeness (QED) is 0.331. The molecular formula is C9H10F3O6PS2. The first-order valence-corrected chi connectivity index (χ1v) is 8.92. The van der Waals surface area contributed by atoms with Crippen LogP contribution in [0.2, 0.25) is 0 Å². The van der Waals surface area contributed by atoms with E-state index in [1.54, 1.807) is 0 Å². The molecule has 0 aliphatic carbocycles. The molecule has 0 amide bonds. The smallest absolute Gasteiger partial charge is 0.312 e. The van der Waals surface area contributed by atoms with Gasteiger partial charge in [0.1, 0.15) is 4.90 Å². The summed E-state index contributed by atoms with van der Waals surface area (Å²) in [7, 11) is -7.26. The maximum Gasteiger partial charge on any atom is 0.417 e. The third-order valence-electron chi connectivity index (χ3n) is 2.11. The second-order valence-electron chi connectivity index (χ2n) is 3.39. The van der Waals surface area contributed by atoms with Crippen molar-refractivity contribution in [2.45, 2.75) is 16.0 Å². The van der Waals surface area contributed by atoms with Gasteiger partial charge in [0.15, 0.2) is 0 Å². The van der Waals surface area contributed by atoms with Crippen LogP contribution < -0.4 is 0 Å². The van der Waals surface area contributed by atoms with Gasteiger partial charge in [0.05, 0.1) is 5.56 Å². The lowest BCUT2D eigenvalue weighted by Crippen LogP contribution is -2.16. The first-order chi connectivity index (χ1) is 9.63. The van der Waals surface area contributed by atoms with Gasteiger partial charge in [0, 0.05) is 12.0 Å². The minimum absolute atomic E-state index is 0.189. The predicted octanol–water partition coefficient (Wildman–Crippen LogP) is 3.10. The molecule has 1 aromatic rings. The zero-order valence-corrected chi connectivity index (χ0v) is 13.3. The standard InChI is InChI=1S/C9H10F3O6PS2/c1-16-19(13)17-18-21(14,15)8-6(9(10,11)12)4-3-5-7(8)20-2/h3-5,19H,1-2H3. The molecule has 1 rings (SSSR count). The van der Waals surface area contributed by atoms with E-state index in [4.69, 9.17) is 0 Å². The molecule has 0 bridgehead atoms. The highest BCUT2D eigenvalue weighted by atomic mass is 32.2. The Kier molecular flexibility index (Phi) is 6.26. The third-order valence-corrected chi connectivity index (χ3v) is 4.88. The Morgan fingerprint density at radius 1 is 1.29 bits per heavy atom. The van der Waals surface area contributed by atoms with Crippen LogP contribution in [0.4, 0.5) is 13.2 Å². The van der Waals surface area contributed by atoms with Crippen LogP contribution in [0.15, 0.2) is 28.0 Å². The van der Waals surface area contributed by atoms with Crippen LogP contribution in [0.5, 0.6) is 0 Å². The van der Waals surface area contributed by atoms with Gasteiger partial charge < -0.3 is 4.52 Å². The highest BCUT2D eigenvalue weighted by molar-refractivity contribution is 7.99. The fourth-order valence-corrected chi connectivity index (χ4v) is 3.85. The Morgan fingerprint density at radius 3 is 2.38 bits per heavy atom. The van der Waals surface area contributed by atoms with E-state index in [1.165, 1.54) is 12.3 Å². The summed E-state index contributed by atoms with van der Waals surface area (Å²) in [6, 6.07) is 2.83. The summed E-state index contributed by atoms with van der Waals surface area (Å²) in [4.78, 5) is -1.29. The number of alkyl halides is 3. The van der Waals surface area contributed by atoms with Crippen LogP contribution >= 0.6 is 20.0 Å². The van der Waals surface area contributed by atoms with Gasteiger partial charge >= 0.3 is 24.5 Å². The van der Waals surface area contributed by atoms with Crippen LogP contribution in [0, 0.1) is 0 Å². The third kappa shape index (κ3) is 4.70. The minimum atomic E-state index is -4.94. The Morgan fingerprint density at radius 2 is 1.90 bits per heavy atom. The number of hydrogen-bond acceptors (Lipinski definition) is 7. The molecule has 1 unspecified atom stereocenters. The zero-order chi connectivity index (χ0) is 16.3. The lowest BCUT2D eigenvalue weighted by molar-refractivity contribution is -0.141. The van der Waals surface area contributed by atoms with Crippen molar-refractivity contribution in [1.82, 2.24) is 0 Å². The van der Waals surface area contributed by atoms with Crippen LogP contribution in [-0.2, 0) is 34.4 Å². The topological polar surface area (TPSA) is 78.9 Å². The normalized spacial score (nSPS) is 14.1. The highest BCUT2D eigenvalue weighted by Crippen LogP contribution is 2.40. The van der Waals surface area contributed by atoms with E-state index in [1.807, 2.05) is 0 Å². The van der Waals surface area contributed by atoms with Gasteiger partial charge in [0.25, 0.3) is 0 Å². The summed E-state index contributed by atoms with van der Waals surface area (Å²) in [5, 5.41) is 0. The van der Waals surface area contributed by atoms with Gasteiger partial charge in [-0.2, -0.15) is 21.6 Å². The number of hydrogen-bond donors (Lipinski definition) is 0. The van der Waals surface area contributed by atoms with Gasteiger partial charge in [0.2, 0.25) is 0 Å². The van der Waals surface area contributed by atoms with Gasteiger partial charge in [-0.3, -0.25) is 4.57 Å². The number of thioether (sulfide) groups is 1. The maximum absolute atomic E-state index is 12.9. The number of halogens is 3. The lowest BCUT2D eigenvalue weighted by Gasteiger charge is -2.15. The van der Waals surface area contributed by atoms with Crippen LogP contribution in [0.1, 0.15) is 5.56 Å². The van der Waals surface area contributed by atoms with Gasteiger partial charge in [-0.25, -0.2) is 0 Å². The van der Waals surface area contributed by atoms with Crippen molar-refractivity contribution < 1.29 is 39.7 Å². The fourth-order valence-electron chi connectivity index (χ4n) is 1.30. The Hall–Kier alpha value is -0.580. The molecule has 12 heteroatoms. The van der Waals surface area contributed by atoms with Crippen molar-refractivity contribution in [3.8, 4) is 0 Å². The van der Waals surface area contributed by atoms with Crippen LogP contribution in [0.25, 0.3) is 0 Å². The summed E-state index contributed by atoms with van der Waals surface area (Å²) in [6.07, 6.45) is -3.52. The summed E-state index contributed by atoms with van der Waals surface area (Å²) >= 11 is 0.777. The average Bonchev–Trinajstić information content (AvgIpc) is 2.42. The molecule has 0 aromatic heterocycles. The molecule has 21 heavy (non-hydrogen) atoms. The minimum Gasteiger partial charge on any atom is -0.312 e. The van der Waals surface area contributed by atoms with Crippen molar-refractivity contribution in [3.05, 3.63) is 23.8 Å². The molecule has 0 saturated heterocycles. The molecule has 1 atom stereocenters. The number of benzene rings is 1. The molecule has 0 fully saturated rings. The van der Waals surface area contributed by atoms with Crippen molar-refractivity contribution in [2.24, 2.45) is 0 Å². The van der Waals surface area contributed by atoms with Gasteiger partial charge in [-0.1, -0.05) is 10.4 Å². The molecule has 0 N–H and O–H groups in total. The summed E-state index contributed by atoms with van der Waals surface area (Å²) < 4.78 is 85.3. The lowest BCUT2D eigenvalue weighted by atomic mass is 10.2. The van der Waals surface area contributed by atoms with Crippen molar-refractivity contribution >= 4 is 30.1 Å².